The summed E-state index contributed by atoms with van der Waals surface area (Å²) in [5, 5.41) is 3.46. The summed E-state index contributed by atoms with van der Waals surface area (Å²) >= 11 is 2.07. The molecule has 0 aromatic carbocycles. The third kappa shape index (κ3) is 5.35. The van der Waals surface area contributed by atoms with Gasteiger partial charge in [-0.25, -0.2) is 0 Å². The molecule has 3 nitrogen and oxygen atoms in total. The van der Waals surface area contributed by atoms with E-state index in [1.54, 1.807) is 0 Å². The van der Waals surface area contributed by atoms with Gasteiger partial charge in [-0.1, -0.05) is 13.8 Å². The molecule has 0 unspecified atom stereocenters. The first kappa shape index (κ1) is 16.9. The summed E-state index contributed by atoms with van der Waals surface area (Å²) in [7, 11) is 0. The average Bonchev–Trinajstić information content (AvgIpc) is 2.68. The molecule has 1 fully saturated rings. The third-order valence-electron chi connectivity index (χ3n) is 3.79. The molecule has 0 spiro atoms. The van der Waals surface area contributed by atoms with Crippen LogP contribution in [0.25, 0.3) is 0 Å². The van der Waals surface area contributed by atoms with Crippen LogP contribution in [0.4, 0.5) is 0 Å². The van der Waals surface area contributed by atoms with Gasteiger partial charge in [-0.15, -0.1) is 0 Å². The first-order valence-corrected chi connectivity index (χ1v) is 8.99. The molecule has 0 atom stereocenters. The fourth-order valence-corrected chi connectivity index (χ4v) is 3.96. The summed E-state index contributed by atoms with van der Waals surface area (Å²) in [6, 6.07) is 2.21. The van der Waals surface area contributed by atoms with Crippen molar-refractivity contribution in [2.75, 3.05) is 25.4 Å². The Morgan fingerprint density at radius 1 is 1.43 bits per heavy atom. The van der Waals surface area contributed by atoms with E-state index in [0.717, 1.165) is 44.2 Å². The fourth-order valence-electron chi connectivity index (χ4n) is 2.79. The Balaban J connectivity index is 1.89. The molecular weight excluding hydrogens is 280 g/mol. The Morgan fingerprint density at radius 2 is 2.19 bits per heavy atom. The lowest BCUT2D eigenvalue weighted by Crippen LogP contribution is -2.42. The fraction of sp³-hybridized carbons (Fsp3) is 0.765. The second-order valence-electron chi connectivity index (χ2n) is 7.16. The van der Waals surface area contributed by atoms with Crippen LogP contribution in [0.2, 0.25) is 0 Å². The molecule has 1 aliphatic heterocycles. The first-order chi connectivity index (χ1) is 9.85. The zero-order chi connectivity index (χ0) is 15.5. The molecule has 0 saturated carbocycles. The minimum atomic E-state index is 0.363. The Morgan fingerprint density at radius 3 is 2.86 bits per heavy atom. The molecule has 0 radical (unpaired) electrons. The molecule has 0 bridgehead atoms. The van der Waals surface area contributed by atoms with Crippen LogP contribution in [0, 0.1) is 12.8 Å². The van der Waals surface area contributed by atoms with Crippen molar-refractivity contribution in [3.8, 4) is 0 Å². The Hall–Kier alpha value is -0.450. The van der Waals surface area contributed by atoms with Gasteiger partial charge in [0.2, 0.25) is 0 Å². The van der Waals surface area contributed by atoms with Gasteiger partial charge in [0.25, 0.3) is 0 Å². The van der Waals surface area contributed by atoms with Crippen molar-refractivity contribution in [1.29, 1.82) is 0 Å². The number of hydrogen-bond donors (Lipinski definition) is 1. The molecule has 1 aromatic heterocycles. The maximum atomic E-state index is 6.06. The van der Waals surface area contributed by atoms with Crippen molar-refractivity contribution < 1.29 is 4.42 Å². The maximum Gasteiger partial charge on any atom is 0.120 e. The minimum absolute atomic E-state index is 0.363. The highest BCUT2D eigenvalue weighted by molar-refractivity contribution is 8.00. The van der Waals surface area contributed by atoms with Crippen LogP contribution in [0.1, 0.15) is 44.8 Å². The van der Waals surface area contributed by atoms with Crippen molar-refractivity contribution in [3.63, 3.8) is 0 Å². The summed E-state index contributed by atoms with van der Waals surface area (Å²) in [6.07, 6.45) is 0. The molecule has 2 rings (SSSR count). The zero-order valence-corrected chi connectivity index (χ0v) is 15.0. The number of hydrogen-bond acceptors (Lipinski definition) is 4. The van der Waals surface area contributed by atoms with Crippen LogP contribution in [0.3, 0.4) is 0 Å². The van der Waals surface area contributed by atoms with Gasteiger partial charge in [0, 0.05) is 23.6 Å². The van der Waals surface area contributed by atoms with E-state index in [4.69, 9.17) is 4.42 Å². The van der Waals surface area contributed by atoms with Crippen LogP contribution < -0.4 is 5.32 Å². The predicted molar refractivity (Wildman–Crippen MR) is 91.8 cm³/mol. The van der Waals surface area contributed by atoms with E-state index < -0.39 is 0 Å². The molecule has 4 heteroatoms. The largest absolute Gasteiger partial charge is 0.463 e. The number of nitrogens with one attached hydrogen (secondary N) is 1. The number of thioether (sulfide) groups is 1. The van der Waals surface area contributed by atoms with Gasteiger partial charge >= 0.3 is 0 Å². The Labute approximate surface area is 133 Å². The van der Waals surface area contributed by atoms with Crippen LogP contribution in [-0.2, 0) is 13.1 Å². The average molecular weight is 311 g/mol. The van der Waals surface area contributed by atoms with Crippen molar-refractivity contribution >= 4 is 11.8 Å². The molecule has 1 aromatic rings. The van der Waals surface area contributed by atoms with E-state index in [1.807, 2.05) is 0 Å². The summed E-state index contributed by atoms with van der Waals surface area (Å²) in [6.45, 7) is 16.4. The van der Waals surface area contributed by atoms with Crippen molar-refractivity contribution in [2.24, 2.45) is 5.92 Å². The van der Waals surface area contributed by atoms with E-state index >= 15 is 0 Å². The molecule has 0 amide bonds. The molecule has 1 saturated heterocycles. The van der Waals surface area contributed by atoms with Gasteiger partial charge < -0.3 is 9.73 Å². The van der Waals surface area contributed by atoms with Gasteiger partial charge in [-0.2, -0.15) is 11.8 Å². The standard InChI is InChI=1S/C17H30N2OS/c1-13(2)9-18-10-16-14(3)8-15(20-16)11-19-6-7-21-17(4,5)12-19/h8,13,18H,6-7,9-12H2,1-5H3. The van der Waals surface area contributed by atoms with E-state index in [2.05, 4.69) is 62.7 Å². The Bertz CT molecular complexity index is 454. The number of furan rings is 1. The lowest BCUT2D eigenvalue weighted by molar-refractivity contribution is 0.230. The van der Waals surface area contributed by atoms with Crippen LogP contribution >= 0.6 is 11.8 Å². The quantitative estimate of drug-likeness (QED) is 0.868. The number of aryl methyl sites for hydroxylation is 1. The highest BCUT2D eigenvalue weighted by atomic mass is 32.2. The molecule has 0 aliphatic carbocycles. The van der Waals surface area contributed by atoms with E-state index in [9.17, 15) is 0 Å². The smallest absolute Gasteiger partial charge is 0.120 e. The first-order valence-electron chi connectivity index (χ1n) is 8.01. The second kappa shape index (κ2) is 7.21. The van der Waals surface area contributed by atoms with Gasteiger partial charge in [0.15, 0.2) is 0 Å². The number of nitrogens with zero attached hydrogens (tertiary/aromatic N) is 1. The van der Waals surface area contributed by atoms with Crippen molar-refractivity contribution in [2.45, 2.75) is 52.5 Å². The Kier molecular flexibility index (Phi) is 5.81. The summed E-state index contributed by atoms with van der Waals surface area (Å²) < 4.78 is 6.42. The van der Waals surface area contributed by atoms with Crippen molar-refractivity contribution in [3.05, 3.63) is 23.2 Å². The minimum Gasteiger partial charge on any atom is -0.463 e. The lowest BCUT2D eigenvalue weighted by Gasteiger charge is -2.37. The SMILES string of the molecule is Cc1cc(CN2CCSC(C)(C)C2)oc1CNCC(C)C. The zero-order valence-electron chi connectivity index (χ0n) is 14.2. The summed E-state index contributed by atoms with van der Waals surface area (Å²) in [5.74, 6) is 4.09. The van der Waals surface area contributed by atoms with E-state index in [-0.39, 0.29) is 0 Å². The molecule has 1 aliphatic rings. The van der Waals surface area contributed by atoms with Crippen LogP contribution in [-0.4, -0.2) is 35.0 Å². The van der Waals surface area contributed by atoms with Crippen LogP contribution in [0.5, 0.6) is 0 Å². The normalized spacial score (nSPS) is 19.3. The number of rotatable bonds is 6. The lowest BCUT2D eigenvalue weighted by atomic mass is 10.2. The summed E-state index contributed by atoms with van der Waals surface area (Å²) in [5.41, 5.74) is 1.27. The topological polar surface area (TPSA) is 28.4 Å². The summed E-state index contributed by atoms with van der Waals surface area (Å²) in [4.78, 5) is 2.51. The van der Waals surface area contributed by atoms with Gasteiger partial charge in [0.1, 0.15) is 11.5 Å². The monoisotopic (exact) mass is 310 g/mol. The second-order valence-corrected chi connectivity index (χ2v) is 8.96. The molecule has 2 heterocycles. The third-order valence-corrected chi connectivity index (χ3v) is 5.09. The van der Waals surface area contributed by atoms with Gasteiger partial charge in [0.05, 0.1) is 13.1 Å². The van der Waals surface area contributed by atoms with Gasteiger partial charge in [-0.05, 0) is 44.9 Å². The van der Waals surface area contributed by atoms with E-state index in [0.29, 0.717) is 10.7 Å². The highest BCUT2D eigenvalue weighted by Gasteiger charge is 2.27. The molecule has 21 heavy (non-hydrogen) atoms. The molecule has 120 valence electrons. The predicted octanol–water partition coefficient (Wildman–Crippen LogP) is 3.66. The highest BCUT2D eigenvalue weighted by Crippen LogP contribution is 2.30. The van der Waals surface area contributed by atoms with Gasteiger partial charge in [-0.3, -0.25) is 4.90 Å². The van der Waals surface area contributed by atoms with E-state index in [1.165, 1.54) is 11.3 Å². The maximum absolute atomic E-state index is 6.06. The van der Waals surface area contributed by atoms with Crippen molar-refractivity contribution in [1.82, 2.24) is 10.2 Å². The van der Waals surface area contributed by atoms with Crippen LogP contribution in [0.15, 0.2) is 10.5 Å². The molecule has 1 N–H and O–H groups in total. The molecular formula is C17H30N2OS.